The molecule has 0 bridgehead atoms. The maximum Gasteiger partial charge on any atom is 0.218 e. The Morgan fingerprint density at radius 1 is 0.522 bits per heavy atom. The zero-order chi connectivity index (χ0) is 17.5. The van der Waals surface area contributed by atoms with Crippen LogP contribution in [0.15, 0.2) is 0 Å². The molecule has 0 saturated carbocycles. The van der Waals surface area contributed by atoms with E-state index in [0.29, 0.717) is 12.8 Å². The maximum atomic E-state index is 11.4. The van der Waals surface area contributed by atoms with Gasteiger partial charge in [-0.3, -0.25) is 0 Å². The van der Waals surface area contributed by atoms with Crippen molar-refractivity contribution in [3.05, 3.63) is 0 Å². The van der Waals surface area contributed by atoms with Crippen molar-refractivity contribution in [3.63, 3.8) is 0 Å². The summed E-state index contributed by atoms with van der Waals surface area (Å²) in [6.07, 6.45) is 12.1. The van der Waals surface area contributed by atoms with Crippen molar-refractivity contribution in [2.24, 2.45) is 0 Å². The molecule has 0 heterocycles. The van der Waals surface area contributed by atoms with Crippen molar-refractivity contribution in [1.29, 1.82) is 0 Å². The summed E-state index contributed by atoms with van der Waals surface area (Å²) in [6.45, 7) is 4.26. The molecule has 0 N–H and O–H groups in total. The van der Waals surface area contributed by atoms with Crippen LogP contribution in [0.2, 0.25) is 0 Å². The zero-order valence-corrected chi connectivity index (χ0v) is 16.3. The highest BCUT2D eigenvalue weighted by atomic mass is 32.2. The molecule has 0 atom stereocenters. The molecule has 0 unspecified atom stereocenters. The molecule has 136 valence electrons. The molecule has 0 aromatic rings. The molecular weight excluding hydrogens is 332 g/mol. The Morgan fingerprint density at radius 3 is 1.17 bits per heavy atom. The second-order valence-corrected chi connectivity index (χ2v) is 7.92. The van der Waals surface area contributed by atoms with Gasteiger partial charge in [-0.15, -0.1) is 0 Å². The van der Waals surface area contributed by atoms with Gasteiger partial charge in [0.05, 0.1) is 9.73 Å². The molecule has 0 fully saturated rings. The van der Waals surface area contributed by atoms with E-state index >= 15 is 0 Å². The summed E-state index contributed by atoms with van der Waals surface area (Å²) < 4.78 is 45.6. The van der Waals surface area contributed by atoms with Crippen LogP contribution in [0.5, 0.6) is 0 Å². The van der Waals surface area contributed by atoms with Crippen LogP contribution >= 0.6 is 0 Å². The van der Waals surface area contributed by atoms with Crippen molar-refractivity contribution in [1.82, 2.24) is 0 Å². The maximum absolute atomic E-state index is 11.4. The molecule has 0 saturated heterocycles. The Balaban J connectivity index is 4.48. The molecular formula is C17H32O4S2. The summed E-state index contributed by atoms with van der Waals surface area (Å²) in [4.78, 5) is 0.198. The second kappa shape index (κ2) is 14.9. The van der Waals surface area contributed by atoms with E-state index in [-0.39, 0.29) is 9.73 Å². The van der Waals surface area contributed by atoms with Crippen LogP contribution < -0.4 is 0 Å². The van der Waals surface area contributed by atoms with Crippen LogP contribution in [0.1, 0.15) is 97.3 Å². The van der Waals surface area contributed by atoms with Gasteiger partial charge in [-0.05, 0) is 25.7 Å². The van der Waals surface area contributed by atoms with E-state index in [2.05, 4.69) is 13.8 Å². The standard InChI is InChI=1S/C17H32O4S2/c1-3-5-7-9-10-11-13-15-17(23(20)21)16(22(18)19)14-12-8-6-4-2/h3-15H2,1-2H3. The monoisotopic (exact) mass is 364 g/mol. The van der Waals surface area contributed by atoms with Gasteiger partial charge < -0.3 is 0 Å². The first kappa shape index (κ1) is 22.4. The predicted molar refractivity (Wildman–Crippen MR) is 99.2 cm³/mol. The summed E-state index contributed by atoms with van der Waals surface area (Å²) in [5, 5.41) is 0. The third-order valence-corrected chi connectivity index (χ3v) is 5.81. The van der Waals surface area contributed by atoms with Gasteiger partial charge in [-0.1, -0.05) is 71.6 Å². The quantitative estimate of drug-likeness (QED) is 0.342. The second-order valence-electron chi connectivity index (χ2n) is 6.00. The molecule has 0 rings (SSSR count). The molecule has 0 aromatic heterocycles. The highest BCUT2D eigenvalue weighted by Crippen LogP contribution is 2.11. The van der Waals surface area contributed by atoms with Gasteiger partial charge in [0.1, 0.15) is 0 Å². The van der Waals surface area contributed by atoms with Gasteiger partial charge in [0, 0.05) is 0 Å². The fourth-order valence-electron chi connectivity index (χ4n) is 2.59. The molecule has 23 heavy (non-hydrogen) atoms. The molecule has 0 radical (unpaired) electrons. The highest BCUT2D eigenvalue weighted by molar-refractivity contribution is 7.82. The van der Waals surface area contributed by atoms with Crippen LogP contribution in [0.3, 0.4) is 0 Å². The summed E-state index contributed by atoms with van der Waals surface area (Å²) >= 11 is 0. The van der Waals surface area contributed by atoms with E-state index in [0.717, 1.165) is 44.9 Å². The van der Waals surface area contributed by atoms with Crippen LogP contribution in [0.25, 0.3) is 0 Å². The Kier molecular flexibility index (Phi) is 14.5. The van der Waals surface area contributed by atoms with Crippen molar-refractivity contribution in [3.8, 4) is 0 Å². The lowest BCUT2D eigenvalue weighted by Gasteiger charge is -2.05. The first-order valence-corrected chi connectivity index (χ1v) is 11.1. The fourth-order valence-corrected chi connectivity index (χ4v) is 4.19. The minimum Gasteiger partial charge on any atom is -0.184 e. The van der Waals surface area contributed by atoms with E-state index < -0.39 is 20.6 Å². The van der Waals surface area contributed by atoms with Crippen molar-refractivity contribution in [2.45, 2.75) is 97.3 Å². The largest absolute Gasteiger partial charge is 0.218 e. The SMILES string of the molecule is CCCCCCCCCC(C(CCCCCC)=S(=O)=O)=S(=O)=O. The average molecular weight is 365 g/mol. The smallest absolute Gasteiger partial charge is 0.184 e. The summed E-state index contributed by atoms with van der Waals surface area (Å²) in [6, 6.07) is 0. The Morgan fingerprint density at radius 2 is 0.826 bits per heavy atom. The lowest BCUT2D eigenvalue weighted by Crippen LogP contribution is -2.16. The van der Waals surface area contributed by atoms with Crippen LogP contribution in [0.4, 0.5) is 0 Å². The first-order valence-electron chi connectivity index (χ1n) is 8.95. The van der Waals surface area contributed by atoms with E-state index in [1.165, 1.54) is 25.7 Å². The van der Waals surface area contributed by atoms with Gasteiger partial charge in [0.25, 0.3) is 0 Å². The Hall–Kier alpha value is -0.620. The first-order chi connectivity index (χ1) is 11.0. The van der Waals surface area contributed by atoms with Gasteiger partial charge in [0.15, 0.2) is 0 Å². The van der Waals surface area contributed by atoms with E-state index in [4.69, 9.17) is 0 Å². The number of hydrogen-bond acceptors (Lipinski definition) is 4. The van der Waals surface area contributed by atoms with E-state index in [1.54, 1.807) is 0 Å². The van der Waals surface area contributed by atoms with Gasteiger partial charge in [0.2, 0.25) is 20.6 Å². The molecule has 6 heteroatoms. The predicted octanol–water partition coefficient (Wildman–Crippen LogP) is 4.20. The van der Waals surface area contributed by atoms with Crippen molar-refractivity contribution >= 4 is 30.3 Å². The molecule has 0 aromatic carbocycles. The normalized spacial score (nSPS) is 10.5. The lowest BCUT2D eigenvalue weighted by molar-refractivity contribution is 0.595. The molecule has 0 amide bonds. The fraction of sp³-hybridized carbons (Fsp3) is 0.882. The van der Waals surface area contributed by atoms with Gasteiger partial charge in [-0.25, -0.2) is 0 Å². The molecule has 0 spiro atoms. The van der Waals surface area contributed by atoms with Gasteiger partial charge in [-0.2, -0.15) is 16.8 Å². The van der Waals surface area contributed by atoms with E-state index in [9.17, 15) is 16.8 Å². The Labute approximate surface area is 144 Å². The zero-order valence-electron chi connectivity index (χ0n) is 14.6. The summed E-state index contributed by atoms with van der Waals surface area (Å²) in [5.74, 6) is 0. The minimum atomic E-state index is -2.43. The summed E-state index contributed by atoms with van der Waals surface area (Å²) in [5.41, 5.74) is 0. The Bertz CT molecular complexity index is 556. The topological polar surface area (TPSA) is 68.3 Å². The van der Waals surface area contributed by atoms with Crippen LogP contribution in [-0.2, 0) is 20.6 Å². The summed E-state index contributed by atoms with van der Waals surface area (Å²) in [7, 11) is -4.87. The third-order valence-electron chi connectivity index (χ3n) is 3.98. The molecule has 0 aliphatic carbocycles. The van der Waals surface area contributed by atoms with Crippen molar-refractivity contribution in [2.75, 3.05) is 0 Å². The average Bonchev–Trinajstić information content (AvgIpc) is 2.50. The van der Waals surface area contributed by atoms with Crippen LogP contribution in [-0.4, -0.2) is 26.6 Å². The third kappa shape index (κ3) is 11.5. The molecule has 0 aliphatic heterocycles. The van der Waals surface area contributed by atoms with Gasteiger partial charge >= 0.3 is 0 Å². The lowest BCUT2D eigenvalue weighted by atomic mass is 10.0. The minimum absolute atomic E-state index is 0.0976. The number of hydrogen-bond donors (Lipinski definition) is 0. The molecule has 0 aliphatic rings. The van der Waals surface area contributed by atoms with E-state index in [1.807, 2.05) is 0 Å². The molecule has 4 nitrogen and oxygen atoms in total. The highest BCUT2D eigenvalue weighted by Gasteiger charge is 2.13. The van der Waals surface area contributed by atoms with Crippen molar-refractivity contribution < 1.29 is 16.8 Å². The number of rotatable bonds is 14. The number of unbranched alkanes of at least 4 members (excludes halogenated alkanes) is 9. The van der Waals surface area contributed by atoms with Crippen LogP contribution in [0, 0.1) is 0 Å².